The number of rotatable bonds is 7. The molecule has 0 saturated carbocycles. The molecule has 0 amide bonds. The highest BCUT2D eigenvalue weighted by atomic mass is 32.2. The molecule has 2 aromatic carbocycles. The summed E-state index contributed by atoms with van der Waals surface area (Å²) in [5, 5.41) is 10.5. The van der Waals surface area contributed by atoms with Gasteiger partial charge in [-0.1, -0.05) is 18.2 Å². The minimum absolute atomic E-state index is 0.0298. The van der Waals surface area contributed by atoms with Crippen molar-refractivity contribution in [3.63, 3.8) is 0 Å². The number of nitro groups is 1. The van der Waals surface area contributed by atoms with E-state index in [2.05, 4.69) is 4.72 Å². The van der Waals surface area contributed by atoms with Gasteiger partial charge in [0.15, 0.2) is 0 Å². The molecule has 1 N–H and O–H groups in total. The van der Waals surface area contributed by atoms with E-state index in [1.165, 1.54) is 12.1 Å². The number of nitrogens with zero attached hydrogens (tertiary/aromatic N) is 1. The number of hydrogen-bond acceptors (Lipinski definition) is 5. The molecular formula is C14H14N2O5S. The Balaban J connectivity index is 1.89. The van der Waals surface area contributed by atoms with E-state index in [9.17, 15) is 18.5 Å². The molecular weight excluding hydrogens is 308 g/mol. The summed E-state index contributed by atoms with van der Waals surface area (Å²) in [6.07, 6.45) is 0. The molecule has 2 rings (SSSR count). The fourth-order valence-electron chi connectivity index (χ4n) is 1.69. The van der Waals surface area contributed by atoms with Crippen molar-refractivity contribution in [1.82, 2.24) is 4.72 Å². The molecule has 0 bridgehead atoms. The van der Waals surface area contributed by atoms with Gasteiger partial charge in [0.1, 0.15) is 12.4 Å². The molecule has 0 aliphatic rings. The molecule has 22 heavy (non-hydrogen) atoms. The largest absolute Gasteiger partial charge is 0.492 e. The SMILES string of the molecule is O=[N+]([O-])c1ccc(S(=O)(=O)NCCOc2ccccc2)cc1. The molecule has 0 radical (unpaired) electrons. The Morgan fingerprint density at radius 2 is 1.68 bits per heavy atom. The number of nitro benzene ring substituents is 1. The van der Waals surface area contributed by atoms with Gasteiger partial charge in [0.25, 0.3) is 5.69 Å². The van der Waals surface area contributed by atoms with Crippen LogP contribution in [-0.2, 0) is 10.0 Å². The van der Waals surface area contributed by atoms with Gasteiger partial charge in [-0.3, -0.25) is 10.1 Å². The van der Waals surface area contributed by atoms with Crippen molar-refractivity contribution in [3.8, 4) is 5.75 Å². The highest BCUT2D eigenvalue weighted by Crippen LogP contribution is 2.15. The second-order valence-corrected chi connectivity index (χ2v) is 6.08. The van der Waals surface area contributed by atoms with Crippen LogP contribution in [0.3, 0.4) is 0 Å². The van der Waals surface area contributed by atoms with Crippen molar-refractivity contribution in [2.75, 3.05) is 13.2 Å². The number of nitrogens with one attached hydrogen (secondary N) is 1. The highest BCUT2D eigenvalue weighted by molar-refractivity contribution is 7.89. The lowest BCUT2D eigenvalue weighted by Gasteiger charge is -2.08. The van der Waals surface area contributed by atoms with Crippen molar-refractivity contribution in [2.45, 2.75) is 4.90 Å². The summed E-state index contributed by atoms with van der Waals surface area (Å²) < 4.78 is 31.7. The normalized spacial score (nSPS) is 11.1. The van der Waals surface area contributed by atoms with Gasteiger partial charge in [0.2, 0.25) is 10.0 Å². The number of sulfonamides is 1. The molecule has 7 nitrogen and oxygen atoms in total. The van der Waals surface area contributed by atoms with Crippen LogP contribution in [0.4, 0.5) is 5.69 Å². The fourth-order valence-corrected chi connectivity index (χ4v) is 2.71. The Morgan fingerprint density at radius 3 is 2.27 bits per heavy atom. The van der Waals surface area contributed by atoms with E-state index < -0.39 is 14.9 Å². The lowest BCUT2D eigenvalue weighted by molar-refractivity contribution is -0.384. The average molecular weight is 322 g/mol. The van der Waals surface area contributed by atoms with Gasteiger partial charge in [-0.15, -0.1) is 0 Å². The number of hydrogen-bond donors (Lipinski definition) is 1. The van der Waals surface area contributed by atoms with E-state index >= 15 is 0 Å². The van der Waals surface area contributed by atoms with Gasteiger partial charge >= 0.3 is 0 Å². The smallest absolute Gasteiger partial charge is 0.269 e. The van der Waals surface area contributed by atoms with Crippen LogP contribution in [0.1, 0.15) is 0 Å². The third-order valence-corrected chi connectivity index (χ3v) is 4.24. The van der Waals surface area contributed by atoms with E-state index in [0.717, 1.165) is 12.1 Å². The quantitative estimate of drug-likeness (QED) is 0.477. The highest BCUT2D eigenvalue weighted by Gasteiger charge is 2.15. The standard InChI is InChI=1S/C14H14N2O5S/c17-16(18)12-6-8-14(9-7-12)22(19,20)15-10-11-21-13-4-2-1-3-5-13/h1-9,15H,10-11H2. The molecule has 0 unspecified atom stereocenters. The van der Waals surface area contributed by atoms with E-state index in [-0.39, 0.29) is 23.7 Å². The molecule has 0 aromatic heterocycles. The second kappa shape index (κ2) is 7.01. The Morgan fingerprint density at radius 1 is 1.05 bits per heavy atom. The topological polar surface area (TPSA) is 98.5 Å². The lowest BCUT2D eigenvalue weighted by Crippen LogP contribution is -2.28. The summed E-state index contributed by atoms with van der Waals surface area (Å²) in [4.78, 5) is 9.92. The van der Waals surface area contributed by atoms with E-state index in [0.29, 0.717) is 5.75 Å². The maximum absolute atomic E-state index is 12.0. The first-order chi connectivity index (χ1) is 10.5. The van der Waals surface area contributed by atoms with Gasteiger partial charge in [-0.25, -0.2) is 13.1 Å². The van der Waals surface area contributed by atoms with Crippen molar-refractivity contribution >= 4 is 15.7 Å². The zero-order valence-electron chi connectivity index (χ0n) is 11.5. The number of para-hydroxylation sites is 1. The first-order valence-corrected chi connectivity index (χ1v) is 7.89. The van der Waals surface area contributed by atoms with Crippen molar-refractivity contribution < 1.29 is 18.1 Å². The summed E-state index contributed by atoms with van der Waals surface area (Å²) >= 11 is 0. The number of benzene rings is 2. The fraction of sp³-hybridized carbons (Fsp3) is 0.143. The maximum atomic E-state index is 12.0. The summed E-state index contributed by atoms with van der Waals surface area (Å²) in [6.45, 7) is 0.268. The Labute approximate surface area is 127 Å². The molecule has 8 heteroatoms. The predicted octanol–water partition coefficient (Wildman–Crippen LogP) is 1.95. The molecule has 0 heterocycles. The third kappa shape index (κ3) is 4.27. The Bertz CT molecular complexity index is 730. The molecule has 0 aliphatic carbocycles. The van der Waals surface area contributed by atoms with Crippen molar-refractivity contribution in [2.24, 2.45) is 0 Å². The van der Waals surface area contributed by atoms with Gasteiger partial charge in [0, 0.05) is 18.7 Å². The molecule has 0 saturated heterocycles. The summed E-state index contributed by atoms with van der Waals surface area (Å²) in [5.41, 5.74) is -0.161. The zero-order valence-corrected chi connectivity index (χ0v) is 12.3. The van der Waals surface area contributed by atoms with E-state index in [1.54, 1.807) is 12.1 Å². The van der Waals surface area contributed by atoms with Crippen LogP contribution in [0.2, 0.25) is 0 Å². The molecule has 0 spiro atoms. The first-order valence-electron chi connectivity index (χ1n) is 6.41. The van der Waals surface area contributed by atoms with Gasteiger partial charge in [-0.2, -0.15) is 0 Å². The molecule has 116 valence electrons. The third-order valence-electron chi connectivity index (χ3n) is 2.76. The molecule has 0 fully saturated rings. The van der Waals surface area contributed by atoms with Crippen LogP contribution < -0.4 is 9.46 Å². The summed E-state index contributed by atoms with van der Waals surface area (Å²) in [6, 6.07) is 13.7. The zero-order chi connectivity index (χ0) is 16.0. The first kappa shape index (κ1) is 15.9. The molecule has 2 aromatic rings. The van der Waals surface area contributed by atoms with Crippen LogP contribution in [0.5, 0.6) is 5.75 Å². The van der Waals surface area contributed by atoms with E-state index in [4.69, 9.17) is 4.74 Å². The summed E-state index contributed by atoms with van der Waals surface area (Å²) in [5.74, 6) is 0.650. The van der Waals surface area contributed by atoms with E-state index in [1.807, 2.05) is 18.2 Å². The number of ether oxygens (including phenoxy) is 1. The minimum Gasteiger partial charge on any atom is -0.492 e. The number of non-ortho nitro benzene ring substituents is 1. The predicted molar refractivity (Wildman–Crippen MR) is 80.2 cm³/mol. The summed E-state index contributed by atoms with van der Waals surface area (Å²) in [7, 11) is -3.71. The minimum atomic E-state index is -3.71. The van der Waals surface area contributed by atoms with Crippen molar-refractivity contribution in [3.05, 3.63) is 64.7 Å². The van der Waals surface area contributed by atoms with Crippen molar-refractivity contribution in [1.29, 1.82) is 0 Å². The van der Waals surface area contributed by atoms with Gasteiger partial charge in [0.05, 0.1) is 9.82 Å². The average Bonchev–Trinajstić information content (AvgIpc) is 2.53. The second-order valence-electron chi connectivity index (χ2n) is 4.31. The van der Waals surface area contributed by atoms with Crippen LogP contribution in [-0.4, -0.2) is 26.5 Å². The van der Waals surface area contributed by atoms with Gasteiger partial charge in [-0.05, 0) is 24.3 Å². The molecule has 0 atom stereocenters. The Hall–Kier alpha value is -2.45. The Kier molecular flexibility index (Phi) is 5.08. The lowest BCUT2D eigenvalue weighted by atomic mass is 10.3. The van der Waals surface area contributed by atoms with Crippen LogP contribution in [0.15, 0.2) is 59.5 Å². The van der Waals surface area contributed by atoms with Crippen LogP contribution in [0, 0.1) is 10.1 Å². The molecule has 0 aliphatic heterocycles. The van der Waals surface area contributed by atoms with Gasteiger partial charge < -0.3 is 4.74 Å². The maximum Gasteiger partial charge on any atom is 0.269 e. The van der Waals surface area contributed by atoms with Crippen LogP contribution >= 0.6 is 0 Å². The monoisotopic (exact) mass is 322 g/mol. The van der Waals surface area contributed by atoms with Crippen LogP contribution in [0.25, 0.3) is 0 Å².